The van der Waals surface area contributed by atoms with Gasteiger partial charge in [-0.25, -0.2) is 0 Å². The number of hydrogen-bond donors (Lipinski definition) is 0. The van der Waals surface area contributed by atoms with Crippen molar-refractivity contribution in [3.8, 4) is 0 Å². The maximum absolute atomic E-state index is 12.5. The predicted molar refractivity (Wildman–Crippen MR) is 96.1 cm³/mol. The van der Waals surface area contributed by atoms with E-state index in [9.17, 15) is 4.79 Å². The van der Waals surface area contributed by atoms with Crippen molar-refractivity contribution in [2.24, 2.45) is 5.41 Å². The smallest absolute Gasteiger partial charge is 0.231 e. The van der Waals surface area contributed by atoms with Crippen molar-refractivity contribution in [2.45, 2.75) is 43.5 Å². The normalized spacial score (nSPS) is 26.0. The third-order valence-corrected chi connectivity index (χ3v) is 6.26. The molecule has 5 heteroatoms. The van der Waals surface area contributed by atoms with Gasteiger partial charge in [-0.2, -0.15) is 0 Å². The molecule has 1 unspecified atom stereocenters. The summed E-state index contributed by atoms with van der Waals surface area (Å²) in [5.41, 5.74) is 1.76. The monoisotopic (exact) mass is 354 g/mol. The van der Waals surface area contributed by atoms with Gasteiger partial charge in [0.05, 0.1) is 5.41 Å². The minimum absolute atomic E-state index is 0.0163. The molecule has 1 saturated carbocycles. The molecule has 1 aliphatic heterocycles. The molecule has 1 amide bonds. The van der Waals surface area contributed by atoms with E-state index in [1.807, 2.05) is 14.0 Å². The number of rotatable bonds is 4. The molecule has 23 heavy (non-hydrogen) atoms. The van der Waals surface area contributed by atoms with Crippen molar-refractivity contribution in [2.75, 3.05) is 25.0 Å². The molecule has 2 aliphatic rings. The maximum Gasteiger partial charge on any atom is 0.231 e. The molecule has 1 atom stereocenters. The van der Waals surface area contributed by atoms with Gasteiger partial charge in [0.25, 0.3) is 0 Å². The highest BCUT2D eigenvalue weighted by molar-refractivity contribution is 6.53. The highest BCUT2D eigenvalue weighted by Crippen LogP contribution is 2.64. The third-order valence-electron chi connectivity index (χ3n) is 5.15. The number of amides is 1. The first kappa shape index (κ1) is 16.9. The number of nitrogens with zero attached hydrogens (tertiary/aromatic N) is 2. The molecule has 1 aliphatic carbocycles. The summed E-state index contributed by atoms with van der Waals surface area (Å²) in [5, 5.41) is 0. The van der Waals surface area contributed by atoms with Gasteiger partial charge in [-0.3, -0.25) is 4.79 Å². The van der Waals surface area contributed by atoms with Gasteiger partial charge in [-0.1, -0.05) is 12.1 Å². The summed E-state index contributed by atoms with van der Waals surface area (Å²) in [5.74, 6) is 0.0163. The molecule has 3 nitrogen and oxygen atoms in total. The zero-order valence-corrected chi connectivity index (χ0v) is 15.3. The van der Waals surface area contributed by atoms with Crippen molar-refractivity contribution in [3.63, 3.8) is 0 Å². The van der Waals surface area contributed by atoms with E-state index in [4.69, 9.17) is 23.2 Å². The van der Waals surface area contributed by atoms with Crippen molar-refractivity contribution < 1.29 is 4.79 Å². The number of carbonyl (C=O) groups is 1. The lowest BCUT2D eigenvalue weighted by Crippen LogP contribution is -2.34. The van der Waals surface area contributed by atoms with Crippen LogP contribution >= 0.6 is 23.2 Å². The second-order valence-electron chi connectivity index (χ2n) is 7.09. The molecule has 3 rings (SSSR count). The van der Waals surface area contributed by atoms with Crippen LogP contribution in [0, 0.1) is 5.41 Å². The lowest BCUT2D eigenvalue weighted by molar-refractivity contribution is -0.135. The van der Waals surface area contributed by atoms with E-state index in [1.54, 1.807) is 4.90 Å². The molecule has 0 spiro atoms. The van der Waals surface area contributed by atoms with Gasteiger partial charge in [0.2, 0.25) is 5.91 Å². The Kier molecular flexibility index (Phi) is 4.54. The zero-order valence-electron chi connectivity index (χ0n) is 13.8. The highest BCUT2D eigenvalue weighted by atomic mass is 35.5. The average molecular weight is 355 g/mol. The zero-order chi connectivity index (χ0) is 16.7. The number of benzene rings is 1. The summed E-state index contributed by atoms with van der Waals surface area (Å²) in [7, 11) is 1.81. The van der Waals surface area contributed by atoms with Crippen LogP contribution in [0.1, 0.15) is 38.2 Å². The maximum atomic E-state index is 12.5. The van der Waals surface area contributed by atoms with Gasteiger partial charge in [0, 0.05) is 32.4 Å². The van der Waals surface area contributed by atoms with Crippen LogP contribution in [0.4, 0.5) is 5.69 Å². The molecule has 0 radical (unpaired) electrons. The minimum atomic E-state index is -0.906. The fourth-order valence-corrected chi connectivity index (χ4v) is 4.06. The molecule has 0 aromatic heterocycles. The van der Waals surface area contributed by atoms with Crippen LogP contribution in [0.3, 0.4) is 0 Å². The summed E-state index contributed by atoms with van der Waals surface area (Å²) in [6, 6.07) is 8.53. The molecule has 1 aromatic rings. The van der Waals surface area contributed by atoms with Gasteiger partial charge in [-0.05, 0) is 50.3 Å². The van der Waals surface area contributed by atoms with Crippen LogP contribution < -0.4 is 4.90 Å². The standard InChI is InChI=1S/C18H24Cl2N2O/c1-17(13-18(17,19)20)16(23)21(2)12-14-6-8-15(9-7-14)22-10-4-3-5-11-22/h6-9H,3-5,10-13H2,1-2H3. The van der Waals surface area contributed by atoms with Crippen molar-refractivity contribution in [1.82, 2.24) is 4.90 Å². The molecule has 126 valence electrons. The number of halogens is 2. The van der Waals surface area contributed by atoms with E-state index >= 15 is 0 Å². The van der Waals surface area contributed by atoms with E-state index in [0.717, 1.165) is 18.7 Å². The molecule has 1 saturated heterocycles. The second-order valence-corrected chi connectivity index (χ2v) is 8.57. The first-order chi connectivity index (χ1) is 10.8. The fourth-order valence-electron chi connectivity index (χ4n) is 3.36. The Morgan fingerprint density at radius 3 is 2.26 bits per heavy atom. The van der Waals surface area contributed by atoms with Gasteiger partial charge >= 0.3 is 0 Å². The van der Waals surface area contributed by atoms with Crippen LogP contribution in [0.2, 0.25) is 0 Å². The Bertz CT molecular complexity index is 581. The summed E-state index contributed by atoms with van der Waals surface area (Å²) < 4.78 is -0.906. The van der Waals surface area contributed by atoms with Crippen LogP contribution in [0.25, 0.3) is 0 Å². The number of carbonyl (C=O) groups excluding carboxylic acids is 1. The first-order valence-electron chi connectivity index (χ1n) is 8.31. The van der Waals surface area contributed by atoms with Crippen LogP contribution in [0.15, 0.2) is 24.3 Å². The van der Waals surface area contributed by atoms with Gasteiger partial charge in [-0.15, -0.1) is 23.2 Å². The number of hydrogen-bond acceptors (Lipinski definition) is 2. The Morgan fingerprint density at radius 2 is 1.74 bits per heavy atom. The second kappa shape index (κ2) is 6.18. The highest BCUT2D eigenvalue weighted by Gasteiger charge is 2.68. The van der Waals surface area contributed by atoms with Crippen LogP contribution in [-0.4, -0.2) is 35.3 Å². The van der Waals surface area contributed by atoms with Gasteiger partial charge in [0.15, 0.2) is 0 Å². The molecule has 0 N–H and O–H groups in total. The third kappa shape index (κ3) is 3.32. The van der Waals surface area contributed by atoms with E-state index in [0.29, 0.717) is 13.0 Å². The Hall–Kier alpha value is -0.930. The van der Waals surface area contributed by atoms with E-state index in [-0.39, 0.29) is 5.91 Å². The van der Waals surface area contributed by atoms with Gasteiger partial charge in [0.1, 0.15) is 4.33 Å². The number of anilines is 1. The summed E-state index contributed by atoms with van der Waals surface area (Å²) in [4.78, 5) is 16.7. The molecular weight excluding hydrogens is 331 g/mol. The Balaban J connectivity index is 1.61. The lowest BCUT2D eigenvalue weighted by Gasteiger charge is -2.29. The van der Waals surface area contributed by atoms with Crippen molar-refractivity contribution in [3.05, 3.63) is 29.8 Å². The predicted octanol–water partition coefficient (Wildman–Crippen LogP) is 4.22. The van der Waals surface area contributed by atoms with E-state index < -0.39 is 9.75 Å². The molecule has 2 fully saturated rings. The van der Waals surface area contributed by atoms with E-state index in [2.05, 4.69) is 29.2 Å². The SMILES string of the molecule is CN(Cc1ccc(N2CCCCC2)cc1)C(=O)C1(C)CC1(Cl)Cl. The Labute approximate surface area is 148 Å². The summed E-state index contributed by atoms with van der Waals surface area (Å²) in [6.45, 7) is 4.71. The van der Waals surface area contributed by atoms with Gasteiger partial charge < -0.3 is 9.80 Å². The summed E-state index contributed by atoms with van der Waals surface area (Å²) >= 11 is 12.2. The summed E-state index contributed by atoms with van der Waals surface area (Å²) in [6.07, 6.45) is 4.41. The molecule has 1 aromatic carbocycles. The lowest BCUT2D eigenvalue weighted by atomic mass is 10.1. The molecule has 0 bridgehead atoms. The topological polar surface area (TPSA) is 23.6 Å². The largest absolute Gasteiger partial charge is 0.372 e. The van der Waals surface area contributed by atoms with Crippen molar-refractivity contribution >= 4 is 34.8 Å². The number of piperidine rings is 1. The van der Waals surface area contributed by atoms with Crippen LogP contribution in [0.5, 0.6) is 0 Å². The molecule has 1 heterocycles. The van der Waals surface area contributed by atoms with Crippen molar-refractivity contribution in [1.29, 1.82) is 0 Å². The fraction of sp³-hybridized carbons (Fsp3) is 0.611. The van der Waals surface area contributed by atoms with E-state index in [1.165, 1.54) is 24.9 Å². The average Bonchev–Trinajstić information content (AvgIpc) is 3.07. The Morgan fingerprint density at radius 1 is 1.17 bits per heavy atom. The quantitative estimate of drug-likeness (QED) is 0.755. The number of alkyl halides is 2. The van der Waals surface area contributed by atoms with Crippen LogP contribution in [-0.2, 0) is 11.3 Å². The molecular formula is C18H24Cl2N2O. The minimum Gasteiger partial charge on any atom is -0.372 e. The first-order valence-corrected chi connectivity index (χ1v) is 9.06.